The second kappa shape index (κ2) is 7.74. The highest BCUT2D eigenvalue weighted by Crippen LogP contribution is 2.20. The number of Topliss-reactive ketones (excluding diaryl/α,β-unsaturated/α-hetero) is 1. The second-order valence-electron chi connectivity index (χ2n) is 5.73. The molecule has 0 saturated carbocycles. The number of ether oxygens (including phenoxy) is 2. The monoisotopic (exact) mass is 285 g/mol. The van der Waals surface area contributed by atoms with Crippen LogP contribution in [0.15, 0.2) is 0 Å². The highest BCUT2D eigenvalue weighted by Gasteiger charge is 2.38. The van der Waals surface area contributed by atoms with Crippen LogP contribution in [-0.4, -0.2) is 55.6 Å². The van der Waals surface area contributed by atoms with E-state index in [-0.39, 0.29) is 18.4 Å². The summed E-state index contributed by atoms with van der Waals surface area (Å²) in [5, 5.41) is 0. The van der Waals surface area contributed by atoms with Crippen molar-refractivity contribution in [3.8, 4) is 0 Å². The Morgan fingerprint density at radius 3 is 2.55 bits per heavy atom. The molecule has 0 aromatic rings. The van der Waals surface area contributed by atoms with Crippen molar-refractivity contribution in [3.63, 3.8) is 0 Å². The molecule has 0 amide bonds. The average Bonchev–Trinajstić information content (AvgIpc) is 2.90. The van der Waals surface area contributed by atoms with E-state index in [1.165, 1.54) is 0 Å². The number of nitrogens with zero attached hydrogens (tertiary/aromatic N) is 1. The van der Waals surface area contributed by atoms with Crippen LogP contribution in [0, 0.1) is 5.41 Å². The van der Waals surface area contributed by atoms with Gasteiger partial charge in [-0.2, -0.15) is 0 Å². The summed E-state index contributed by atoms with van der Waals surface area (Å²) in [6, 6.07) is 0. The van der Waals surface area contributed by atoms with Gasteiger partial charge in [0.1, 0.15) is 5.41 Å². The van der Waals surface area contributed by atoms with E-state index >= 15 is 0 Å². The van der Waals surface area contributed by atoms with E-state index < -0.39 is 11.4 Å². The number of ketones is 1. The molecule has 0 aromatic carbocycles. The summed E-state index contributed by atoms with van der Waals surface area (Å²) < 4.78 is 10.6. The number of esters is 1. The minimum absolute atomic E-state index is 0.101. The highest BCUT2D eigenvalue weighted by atomic mass is 16.5. The molecule has 0 bridgehead atoms. The van der Waals surface area contributed by atoms with E-state index in [1.807, 2.05) is 11.8 Å². The Kier molecular flexibility index (Phi) is 6.62. The molecule has 0 spiro atoms. The van der Waals surface area contributed by atoms with Crippen LogP contribution in [0.25, 0.3) is 0 Å². The first-order valence-corrected chi connectivity index (χ1v) is 7.46. The Labute approximate surface area is 121 Å². The first-order chi connectivity index (χ1) is 9.41. The zero-order valence-electron chi connectivity index (χ0n) is 13.1. The molecule has 5 heteroatoms. The molecule has 1 atom stereocenters. The quantitative estimate of drug-likeness (QED) is 0.501. The molecule has 20 heavy (non-hydrogen) atoms. The lowest BCUT2D eigenvalue weighted by Gasteiger charge is -2.27. The standard InChI is InChI=1S/C15H27NO4/c1-5-16(10-12-8-7-9-20-12)11-13(17)15(3,4)14(18)19-6-2/h12H,5-11H2,1-4H3. The third-order valence-electron chi connectivity index (χ3n) is 3.78. The van der Waals surface area contributed by atoms with Crippen LogP contribution in [0.2, 0.25) is 0 Å². The summed E-state index contributed by atoms with van der Waals surface area (Å²) in [6.45, 7) is 9.91. The van der Waals surface area contributed by atoms with E-state index in [0.717, 1.165) is 32.5 Å². The van der Waals surface area contributed by atoms with Gasteiger partial charge < -0.3 is 9.47 Å². The molecule has 1 aliphatic rings. The molecule has 0 N–H and O–H groups in total. The summed E-state index contributed by atoms with van der Waals surface area (Å²) in [4.78, 5) is 26.2. The maximum atomic E-state index is 12.3. The maximum Gasteiger partial charge on any atom is 0.319 e. The van der Waals surface area contributed by atoms with Gasteiger partial charge in [-0.1, -0.05) is 6.92 Å². The van der Waals surface area contributed by atoms with Crippen molar-refractivity contribution >= 4 is 11.8 Å². The largest absolute Gasteiger partial charge is 0.465 e. The van der Waals surface area contributed by atoms with Gasteiger partial charge in [0.15, 0.2) is 5.78 Å². The molecule has 0 aliphatic carbocycles. The molecule has 1 rings (SSSR count). The minimum Gasteiger partial charge on any atom is -0.465 e. The molecule has 1 aliphatic heterocycles. The Morgan fingerprint density at radius 1 is 1.35 bits per heavy atom. The highest BCUT2D eigenvalue weighted by molar-refractivity contribution is 6.03. The summed E-state index contributed by atoms with van der Waals surface area (Å²) in [5.41, 5.74) is -1.08. The Morgan fingerprint density at radius 2 is 2.05 bits per heavy atom. The lowest BCUT2D eigenvalue weighted by molar-refractivity contribution is -0.158. The smallest absolute Gasteiger partial charge is 0.319 e. The van der Waals surface area contributed by atoms with Gasteiger partial charge >= 0.3 is 5.97 Å². The molecule has 1 unspecified atom stereocenters. The topological polar surface area (TPSA) is 55.8 Å². The summed E-state index contributed by atoms with van der Waals surface area (Å²) in [7, 11) is 0. The molecular formula is C15H27NO4. The van der Waals surface area contributed by atoms with Crippen LogP contribution in [0.5, 0.6) is 0 Å². The molecule has 0 aromatic heterocycles. The van der Waals surface area contributed by atoms with Gasteiger partial charge in [0.2, 0.25) is 0 Å². The van der Waals surface area contributed by atoms with Crippen LogP contribution in [0.4, 0.5) is 0 Å². The van der Waals surface area contributed by atoms with Crippen molar-refractivity contribution in [1.82, 2.24) is 4.90 Å². The van der Waals surface area contributed by atoms with E-state index in [1.54, 1.807) is 20.8 Å². The third-order valence-corrected chi connectivity index (χ3v) is 3.78. The molecule has 1 fully saturated rings. The van der Waals surface area contributed by atoms with Crippen molar-refractivity contribution in [1.29, 1.82) is 0 Å². The molecular weight excluding hydrogens is 258 g/mol. The Bertz CT molecular complexity index is 335. The number of hydrogen-bond donors (Lipinski definition) is 0. The Balaban J connectivity index is 2.54. The molecule has 5 nitrogen and oxygen atoms in total. The van der Waals surface area contributed by atoms with Crippen molar-refractivity contribution in [2.24, 2.45) is 5.41 Å². The number of likely N-dealkylation sites (N-methyl/N-ethyl adjacent to an activating group) is 1. The SMILES string of the molecule is CCOC(=O)C(C)(C)C(=O)CN(CC)CC1CCCO1. The van der Waals surface area contributed by atoms with Crippen LogP contribution < -0.4 is 0 Å². The fourth-order valence-corrected chi connectivity index (χ4v) is 2.21. The van der Waals surface area contributed by atoms with Gasteiger partial charge in [-0.15, -0.1) is 0 Å². The first kappa shape index (κ1) is 17.1. The zero-order valence-corrected chi connectivity index (χ0v) is 13.1. The van der Waals surface area contributed by atoms with E-state index in [2.05, 4.69) is 0 Å². The molecule has 1 saturated heterocycles. The van der Waals surface area contributed by atoms with Crippen molar-refractivity contribution in [2.45, 2.75) is 46.6 Å². The van der Waals surface area contributed by atoms with Crippen LogP contribution in [0.1, 0.15) is 40.5 Å². The van der Waals surface area contributed by atoms with Crippen molar-refractivity contribution in [2.75, 3.05) is 32.8 Å². The summed E-state index contributed by atoms with van der Waals surface area (Å²) >= 11 is 0. The van der Waals surface area contributed by atoms with Gasteiger partial charge in [0, 0.05) is 13.2 Å². The van der Waals surface area contributed by atoms with Gasteiger partial charge in [0.25, 0.3) is 0 Å². The van der Waals surface area contributed by atoms with Gasteiger partial charge in [-0.3, -0.25) is 14.5 Å². The maximum absolute atomic E-state index is 12.3. The molecule has 1 heterocycles. The number of hydrogen-bond acceptors (Lipinski definition) is 5. The fourth-order valence-electron chi connectivity index (χ4n) is 2.21. The minimum atomic E-state index is -1.08. The second-order valence-corrected chi connectivity index (χ2v) is 5.73. The molecule has 116 valence electrons. The van der Waals surface area contributed by atoms with Gasteiger partial charge in [-0.05, 0) is 40.2 Å². The zero-order chi connectivity index (χ0) is 15.2. The fraction of sp³-hybridized carbons (Fsp3) is 0.867. The van der Waals surface area contributed by atoms with E-state index in [9.17, 15) is 9.59 Å². The average molecular weight is 285 g/mol. The van der Waals surface area contributed by atoms with E-state index in [4.69, 9.17) is 9.47 Å². The van der Waals surface area contributed by atoms with Crippen LogP contribution >= 0.6 is 0 Å². The normalized spacial score (nSPS) is 19.4. The van der Waals surface area contributed by atoms with Crippen LogP contribution in [-0.2, 0) is 19.1 Å². The lowest BCUT2D eigenvalue weighted by atomic mass is 9.87. The predicted molar refractivity (Wildman–Crippen MR) is 76.5 cm³/mol. The lowest BCUT2D eigenvalue weighted by Crippen LogP contribution is -2.44. The van der Waals surface area contributed by atoms with E-state index in [0.29, 0.717) is 6.61 Å². The third kappa shape index (κ3) is 4.56. The number of carbonyl (C=O) groups excluding carboxylic acids is 2. The summed E-state index contributed by atoms with van der Waals surface area (Å²) in [6.07, 6.45) is 2.35. The van der Waals surface area contributed by atoms with Crippen molar-refractivity contribution in [3.05, 3.63) is 0 Å². The van der Waals surface area contributed by atoms with Gasteiger partial charge in [-0.25, -0.2) is 0 Å². The molecule has 0 radical (unpaired) electrons. The Hall–Kier alpha value is -0.940. The first-order valence-electron chi connectivity index (χ1n) is 7.46. The van der Waals surface area contributed by atoms with Crippen LogP contribution in [0.3, 0.4) is 0 Å². The number of carbonyl (C=O) groups is 2. The van der Waals surface area contributed by atoms with Gasteiger partial charge in [0.05, 0.1) is 19.3 Å². The van der Waals surface area contributed by atoms with Crippen molar-refractivity contribution < 1.29 is 19.1 Å². The summed E-state index contributed by atoms with van der Waals surface area (Å²) in [5.74, 6) is -0.547. The predicted octanol–water partition coefficient (Wildman–Crippen LogP) is 1.65. The number of rotatable bonds is 8.